The minimum atomic E-state index is -0.447. The Labute approximate surface area is 93.4 Å². The Morgan fingerprint density at radius 1 is 1.62 bits per heavy atom. The summed E-state index contributed by atoms with van der Waals surface area (Å²) in [5.74, 6) is 0.170. The van der Waals surface area contributed by atoms with Gasteiger partial charge in [-0.1, -0.05) is 0 Å². The van der Waals surface area contributed by atoms with Crippen LogP contribution in [0.5, 0.6) is 0 Å². The van der Waals surface area contributed by atoms with Crippen LogP contribution in [0.3, 0.4) is 0 Å². The lowest BCUT2D eigenvalue weighted by Gasteiger charge is -2.12. The largest absolute Gasteiger partial charge is 0.376 e. The van der Waals surface area contributed by atoms with Crippen LogP contribution in [0.15, 0.2) is 6.20 Å². The van der Waals surface area contributed by atoms with E-state index < -0.39 is 5.82 Å². The normalized spacial score (nSPS) is 19.8. The van der Waals surface area contributed by atoms with Gasteiger partial charge < -0.3 is 15.4 Å². The lowest BCUT2D eigenvalue weighted by molar-refractivity contribution is 0.120. The number of anilines is 2. The second kappa shape index (κ2) is 5.07. The maximum Gasteiger partial charge on any atom is 0.224 e. The standard InChI is InChI=1S/C10H15FN4O/c1-12-10-14-6-8(11)9(15-10)13-5-7-3-2-4-16-7/h6-7H,2-5H2,1H3,(H2,12,13,14,15). The molecule has 88 valence electrons. The van der Waals surface area contributed by atoms with Gasteiger partial charge in [-0.3, -0.25) is 0 Å². The summed E-state index contributed by atoms with van der Waals surface area (Å²) >= 11 is 0. The molecular formula is C10H15FN4O. The van der Waals surface area contributed by atoms with Gasteiger partial charge in [-0.2, -0.15) is 4.98 Å². The molecule has 1 fully saturated rings. The van der Waals surface area contributed by atoms with Crippen LogP contribution in [0, 0.1) is 5.82 Å². The van der Waals surface area contributed by atoms with E-state index in [4.69, 9.17) is 4.74 Å². The maximum absolute atomic E-state index is 13.3. The van der Waals surface area contributed by atoms with E-state index in [1.54, 1.807) is 7.05 Å². The molecule has 1 atom stereocenters. The first-order chi connectivity index (χ1) is 7.79. The summed E-state index contributed by atoms with van der Waals surface area (Å²) in [4.78, 5) is 7.76. The van der Waals surface area contributed by atoms with Gasteiger partial charge >= 0.3 is 0 Å². The zero-order valence-electron chi connectivity index (χ0n) is 9.16. The average Bonchev–Trinajstić information content (AvgIpc) is 2.81. The monoisotopic (exact) mass is 226 g/mol. The lowest BCUT2D eigenvalue weighted by Crippen LogP contribution is -2.20. The molecule has 1 unspecified atom stereocenters. The minimum absolute atomic E-state index is 0.160. The molecule has 0 radical (unpaired) electrons. The Morgan fingerprint density at radius 3 is 3.19 bits per heavy atom. The Kier molecular flexibility index (Phi) is 3.51. The van der Waals surface area contributed by atoms with Crippen molar-refractivity contribution in [1.82, 2.24) is 9.97 Å². The lowest BCUT2D eigenvalue weighted by atomic mass is 10.2. The topological polar surface area (TPSA) is 59.1 Å². The van der Waals surface area contributed by atoms with Crippen molar-refractivity contribution in [3.63, 3.8) is 0 Å². The Bertz CT molecular complexity index is 355. The fourth-order valence-corrected chi connectivity index (χ4v) is 1.63. The van der Waals surface area contributed by atoms with Crippen LogP contribution in [-0.2, 0) is 4.74 Å². The van der Waals surface area contributed by atoms with Gasteiger partial charge in [-0.05, 0) is 12.8 Å². The van der Waals surface area contributed by atoms with Gasteiger partial charge in [0, 0.05) is 20.2 Å². The molecule has 5 nitrogen and oxygen atoms in total. The summed E-state index contributed by atoms with van der Waals surface area (Å²) in [6, 6.07) is 0. The number of hydrogen-bond acceptors (Lipinski definition) is 5. The van der Waals surface area contributed by atoms with Gasteiger partial charge in [-0.25, -0.2) is 9.37 Å². The molecule has 2 heterocycles. The van der Waals surface area contributed by atoms with Gasteiger partial charge in [0.15, 0.2) is 11.6 Å². The Morgan fingerprint density at radius 2 is 2.50 bits per heavy atom. The van der Waals surface area contributed by atoms with Crippen molar-refractivity contribution in [3.05, 3.63) is 12.0 Å². The van der Waals surface area contributed by atoms with E-state index in [1.165, 1.54) is 0 Å². The van der Waals surface area contributed by atoms with Crippen molar-refractivity contribution in [1.29, 1.82) is 0 Å². The van der Waals surface area contributed by atoms with E-state index >= 15 is 0 Å². The van der Waals surface area contributed by atoms with Crippen molar-refractivity contribution >= 4 is 11.8 Å². The van der Waals surface area contributed by atoms with Crippen LogP contribution in [0.25, 0.3) is 0 Å². The van der Waals surface area contributed by atoms with E-state index in [9.17, 15) is 4.39 Å². The molecule has 2 N–H and O–H groups in total. The summed E-state index contributed by atoms with van der Waals surface area (Å²) in [5.41, 5.74) is 0. The molecule has 16 heavy (non-hydrogen) atoms. The second-order valence-electron chi connectivity index (χ2n) is 3.66. The Hall–Kier alpha value is -1.43. The zero-order chi connectivity index (χ0) is 11.4. The number of halogens is 1. The Balaban J connectivity index is 1.96. The summed E-state index contributed by atoms with van der Waals surface area (Å²) in [6.07, 6.45) is 3.39. The highest BCUT2D eigenvalue weighted by molar-refractivity contribution is 5.40. The molecule has 0 bridgehead atoms. The molecular weight excluding hydrogens is 211 g/mol. The number of nitrogens with one attached hydrogen (secondary N) is 2. The van der Waals surface area contributed by atoms with E-state index in [0.29, 0.717) is 12.5 Å². The fourth-order valence-electron chi connectivity index (χ4n) is 1.63. The summed E-state index contributed by atoms with van der Waals surface area (Å²) < 4.78 is 18.8. The molecule has 1 saturated heterocycles. The van der Waals surface area contributed by atoms with Crippen LogP contribution >= 0.6 is 0 Å². The highest BCUT2D eigenvalue weighted by Gasteiger charge is 2.16. The van der Waals surface area contributed by atoms with Crippen molar-refractivity contribution < 1.29 is 9.13 Å². The average molecular weight is 226 g/mol. The number of aromatic nitrogens is 2. The molecule has 0 amide bonds. The van der Waals surface area contributed by atoms with Crippen LogP contribution in [-0.4, -0.2) is 36.3 Å². The molecule has 0 saturated carbocycles. The molecule has 6 heteroatoms. The molecule has 2 rings (SSSR count). The van der Waals surface area contributed by atoms with Crippen molar-refractivity contribution in [2.45, 2.75) is 18.9 Å². The van der Waals surface area contributed by atoms with E-state index in [0.717, 1.165) is 25.6 Å². The van der Waals surface area contributed by atoms with Gasteiger partial charge in [0.1, 0.15) is 0 Å². The summed E-state index contributed by atoms with van der Waals surface area (Å²) in [7, 11) is 1.69. The van der Waals surface area contributed by atoms with Crippen LogP contribution in [0.2, 0.25) is 0 Å². The second-order valence-corrected chi connectivity index (χ2v) is 3.66. The molecule has 1 aromatic rings. The van der Waals surface area contributed by atoms with Crippen molar-refractivity contribution in [3.8, 4) is 0 Å². The number of ether oxygens (including phenoxy) is 1. The first-order valence-electron chi connectivity index (χ1n) is 5.35. The molecule has 1 aliphatic rings. The molecule has 0 spiro atoms. The predicted molar refractivity (Wildman–Crippen MR) is 59.0 cm³/mol. The predicted octanol–water partition coefficient (Wildman–Crippen LogP) is 1.25. The van der Waals surface area contributed by atoms with E-state index in [2.05, 4.69) is 20.6 Å². The SMILES string of the molecule is CNc1ncc(F)c(NCC2CCCO2)n1. The van der Waals surface area contributed by atoms with Gasteiger partial charge in [0.2, 0.25) is 5.95 Å². The fraction of sp³-hybridized carbons (Fsp3) is 0.600. The first kappa shape index (κ1) is 11.1. The maximum atomic E-state index is 13.3. The zero-order valence-corrected chi connectivity index (χ0v) is 9.16. The van der Waals surface area contributed by atoms with Crippen LogP contribution in [0.1, 0.15) is 12.8 Å². The van der Waals surface area contributed by atoms with Crippen LogP contribution < -0.4 is 10.6 Å². The highest BCUT2D eigenvalue weighted by Crippen LogP contribution is 2.15. The van der Waals surface area contributed by atoms with Gasteiger partial charge in [-0.15, -0.1) is 0 Å². The van der Waals surface area contributed by atoms with Gasteiger partial charge in [0.25, 0.3) is 0 Å². The number of rotatable bonds is 4. The van der Waals surface area contributed by atoms with Gasteiger partial charge in [0.05, 0.1) is 12.3 Å². The highest BCUT2D eigenvalue weighted by atomic mass is 19.1. The van der Waals surface area contributed by atoms with Crippen molar-refractivity contribution in [2.24, 2.45) is 0 Å². The van der Waals surface area contributed by atoms with Crippen LogP contribution in [0.4, 0.5) is 16.2 Å². The summed E-state index contributed by atoms with van der Waals surface area (Å²) in [5, 5.41) is 5.70. The minimum Gasteiger partial charge on any atom is -0.376 e. The molecule has 1 aliphatic heterocycles. The third-order valence-electron chi connectivity index (χ3n) is 2.49. The first-order valence-corrected chi connectivity index (χ1v) is 5.35. The smallest absolute Gasteiger partial charge is 0.224 e. The van der Waals surface area contributed by atoms with E-state index in [1.807, 2.05) is 0 Å². The third kappa shape index (κ3) is 2.57. The molecule has 1 aromatic heterocycles. The molecule has 0 aliphatic carbocycles. The quantitative estimate of drug-likeness (QED) is 0.809. The summed E-state index contributed by atoms with van der Waals surface area (Å²) in [6.45, 7) is 1.37. The van der Waals surface area contributed by atoms with Crippen molar-refractivity contribution in [2.75, 3.05) is 30.8 Å². The molecule has 0 aromatic carbocycles. The number of hydrogen-bond donors (Lipinski definition) is 2. The third-order valence-corrected chi connectivity index (χ3v) is 2.49. The van der Waals surface area contributed by atoms with E-state index in [-0.39, 0.29) is 11.9 Å². The number of nitrogens with zero attached hydrogens (tertiary/aromatic N) is 2.